The maximum atomic E-state index is 12.3. The van der Waals surface area contributed by atoms with E-state index in [4.69, 9.17) is 0 Å². The minimum Gasteiger partial charge on any atom is -0.321 e. The number of anilines is 1. The molecule has 2 aromatic carbocycles. The van der Waals surface area contributed by atoms with Gasteiger partial charge >= 0.3 is 0 Å². The first kappa shape index (κ1) is 19.3. The number of hydrogen-bond donors (Lipinski definition) is 2. The molecule has 0 aliphatic rings. The Hall–Kier alpha value is -3.04. The summed E-state index contributed by atoms with van der Waals surface area (Å²) in [5.41, 5.74) is 0.767. The predicted molar refractivity (Wildman–Crippen MR) is 97.6 cm³/mol. The Balaban J connectivity index is 2.20. The molecular weight excluding hydrogens is 358 g/mol. The lowest BCUT2D eigenvalue weighted by atomic mass is 10.1. The van der Waals surface area contributed by atoms with E-state index in [0.717, 1.165) is 0 Å². The molecular formula is C17H17N3O5S. The van der Waals surface area contributed by atoms with Crippen molar-refractivity contribution in [3.63, 3.8) is 0 Å². The summed E-state index contributed by atoms with van der Waals surface area (Å²) in [6, 6.07) is 9.72. The van der Waals surface area contributed by atoms with Crippen molar-refractivity contribution in [2.24, 2.45) is 0 Å². The molecule has 2 aromatic rings. The lowest BCUT2D eigenvalue weighted by molar-refractivity contribution is -0.385. The molecule has 26 heavy (non-hydrogen) atoms. The number of nitro benzene ring substituents is 1. The van der Waals surface area contributed by atoms with Gasteiger partial charge in [0, 0.05) is 18.2 Å². The standard InChI is InChI=1S/C17H17N3O5S/c1-3-11-18-26(24,25)14-9-7-13(8-10-14)17(21)19-15-5-4-6-16(12(15)2)20(22)23/h3-10,18H,1,11H2,2H3,(H,19,21). The molecule has 136 valence electrons. The summed E-state index contributed by atoms with van der Waals surface area (Å²) in [6.07, 6.45) is 1.42. The zero-order valence-corrected chi connectivity index (χ0v) is 14.7. The van der Waals surface area contributed by atoms with Crippen molar-refractivity contribution in [2.45, 2.75) is 11.8 Å². The second-order valence-electron chi connectivity index (χ2n) is 5.33. The van der Waals surface area contributed by atoms with Crippen LogP contribution in [0.2, 0.25) is 0 Å². The highest BCUT2D eigenvalue weighted by atomic mass is 32.2. The van der Waals surface area contributed by atoms with Crippen LogP contribution in [0.4, 0.5) is 11.4 Å². The Morgan fingerprint density at radius 2 is 1.88 bits per heavy atom. The highest BCUT2D eigenvalue weighted by Crippen LogP contribution is 2.25. The van der Waals surface area contributed by atoms with Crippen LogP contribution in [0.25, 0.3) is 0 Å². The van der Waals surface area contributed by atoms with Crippen molar-refractivity contribution in [3.8, 4) is 0 Å². The van der Waals surface area contributed by atoms with Crippen molar-refractivity contribution in [1.82, 2.24) is 4.72 Å². The first-order chi connectivity index (χ1) is 12.3. The van der Waals surface area contributed by atoms with Crippen LogP contribution in [0.5, 0.6) is 0 Å². The van der Waals surface area contributed by atoms with Crippen LogP contribution in [-0.2, 0) is 10.0 Å². The maximum Gasteiger partial charge on any atom is 0.274 e. The molecule has 2 N–H and O–H groups in total. The van der Waals surface area contributed by atoms with Gasteiger partial charge in [0.05, 0.1) is 21.1 Å². The molecule has 0 spiro atoms. The lowest BCUT2D eigenvalue weighted by Crippen LogP contribution is -2.23. The van der Waals surface area contributed by atoms with Gasteiger partial charge in [0.2, 0.25) is 10.0 Å². The Labute approximate surface area is 150 Å². The van der Waals surface area contributed by atoms with E-state index in [-0.39, 0.29) is 22.7 Å². The summed E-state index contributed by atoms with van der Waals surface area (Å²) in [5.74, 6) is -0.503. The minimum atomic E-state index is -3.67. The summed E-state index contributed by atoms with van der Waals surface area (Å²) >= 11 is 0. The van der Waals surface area contributed by atoms with E-state index < -0.39 is 20.9 Å². The average Bonchev–Trinajstić information content (AvgIpc) is 2.61. The van der Waals surface area contributed by atoms with Crippen molar-refractivity contribution < 1.29 is 18.1 Å². The summed E-state index contributed by atoms with van der Waals surface area (Å²) in [4.78, 5) is 22.8. The highest BCUT2D eigenvalue weighted by Gasteiger charge is 2.17. The molecule has 1 amide bonds. The molecule has 0 atom stereocenters. The van der Waals surface area contributed by atoms with Gasteiger partial charge in [0.1, 0.15) is 0 Å². The van der Waals surface area contributed by atoms with Crippen LogP contribution in [0.15, 0.2) is 60.0 Å². The number of sulfonamides is 1. The molecule has 0 unspecified atom stereocenters. The van der Waals surface area contributed by atoms with Crippen LogP contribution in [0.1, 0.15) is 15.9 Å². The molecule has 8 nitrogen and oxygen atoms in total. The Morgan fingerprint density at radius 3 is 2.46 bits per heavy atom. The quantitative estimate of drug-likeness (QED) is 0.438. The molecule has 2 rings (SSSR count). The fourth-order valence-electron chi connectivity index (χ4n) is 2.19. The van der Waals surface area contributed by atoms with E-state index in [0.29, 0.717) is 11.3 Å². The molecule has 0 aromatic heterocycles. The first-order valence-corrected chi connectivity index (χ1v) is 9.00. The average molecular weight is 375 g/mol. The summed E-state index contributed by atoms with van der Waals surface area (Å²) in [5, 5.41) is 13.6. The second-order valence-corrected chi connectivity index (χ2v) is 7.09. The monoisotopic (exact) mass is 375 g/mol. The normalized spacial score (nSPS) is 11.0. The molecule has 0 saturated heterocycles. The van der Waals surface area contributed by atoms with E-state index in [2.05, 4.69) is 16.6 Å². The molecule has 0 fully saturated rings. The molecule has 0 heterocycles. The number of nitro groups is 1. The molecule has 0 saturated carbocycles. The third kappa shape index (κ3) is 4.32. The first-order valence-electron chi connectivity index (χ1n) is 7.52. The number of nitrogens with one attached hydrogen (secondary N) is 2. The molecule has 0 bridgehead atoms. The maximum absolute atomic E-state index is 12.3. The van der Waals surface area contributed by atoms with Crippen LogP contribution < -0.4 is 10.0 Å². The van der Waals surface area contributed by atoms with Gasteiger partial charge in [0.25, 0.3) is 11.6 Å². The topological polar surface area (TPSA) is 118 Å². The van der Waals surface area contributed by atoms with Gasteiger partial charge in [0.15, 0.2) is 0 Å². The third-order valence-corrected chi connectivity index (χ3v) is 5.03. The minimum absolute atomic E-state index is 0.0161. The SMILES string of the molecule is C=CCNS(=O)(=O)c1ccc(C(=O)Nc2cccc([N+](=O)[O-])c2C)cc1. The van der Waals surface area contributed by atoms with E-state index in [9.17, 15) is 23.3 Å². The Bertz CT molecular complexity index is 953. The van der Waals surface area contributed by atoms with E-state index in [1.165, 1.54) is 49.4 Å². The van der Waals surface area contributed by atoms with Crippen LogP contribution in [0.3, 0.4) is 0 Å². The van der Waals surface area contributed by atoms with Crippen LogP contribution in [0, 0.1) is 17.0 Å². The Kier molecular flexibility index (Phi) is 5.86. The van der Waals surface area contributed by atoms with Crippen LogP contribution in [-0.4, -0.2) is 25.8 Å². The van der Waals surface area contributed by atoms with Crippen molar-refractivity contribution in [2.75, 3.05) is 11.9 Å². The van der Waals surface area contributed by atoms with Crippen molar-refractivity contribution >= 4 is 27.3 Å². The third-order valence-electron chi connectivity index (χ3n) is 3.59. The number of nitrogens with zero attached hydrogens (tertiary/aromatic N) is 1. The summed E-state index contributed by atoms with van der Waals surface area (Å²) in [6.45, 7) is 5.07. The lowest BCUT2D eigenvalue weighted by Gasteiger charge is -2.09. The number of amides is 1. The van der Waals surface area contributed by atoms with Gasteiger partial charge in [-0.15, -0.1) is 6.58 Å². The summed E-state index contributed by atoms with van der Waals surface area (Å²) < 4.78 is 26.3. The van der Waals surface area contributed by atoms with E-state index in [1.54, 1.807) is 6.07 Å². The van der Waals surface area contributed by atoms with Gasteiger partial charge in [-0.25, -0.2) is 13.1 Å². The number of hydrogen-bond acceptors (Lipinski definition) is 5. The van der Waals surface area contributed by atoms with Crippen LogP contribution >= 0.6 is 0 Å². The molecule has 0 aliphatic carbocycles. The van der Waals surface area contributed by atoms with E-state index >= 15 is 0 Å². The number of benzene rings is 2. The Morgan fingerprint density at radius 1 is 1.23 bits per heavy atom. The number of rotatable bonds is 7. The van der Waals surface area contributed by atoms with E-state index in [1.807, 2.05) is 0 Å². The summed E-state index contributed by atoms with van der Waals surface area (Å²) in [7, 11) is -3.67. The zero-order valence-electron chi connectivity index (χ0n) is 13.9. The smallest absolute Gasteiger partial charge is 0.274 e. The van der Waals surface area contributed by atoms with Gasteiger partial charge < -0.3 is 5.32 Å². The van der Waals surface area contributed by atoms with Crippen molar-refractivity contribution in [1.29, 1.82) is 0 Å². The molecule has 0 radical (unpaired) electrons. The fraction of sp³-hybridized carbons (Fsp3) is 0.118. The van der Waals surface area contributed by atoms with Crippen molar-refractivity contribution in [3.05, 3.63) is 76.4 Å². The second kappa shape index (κ2) is 7.89. The number of carbonyl (C=O) groups is 1. The molecule has 9 heteroatoms. The highest BCUT2D eigenvalue weighted by molar-refractivity contribution is 7.89. The largest absolute Gasteiger partial charge is 0.321 e. The van der Waals surface area contributed by atoms with Gasteiger partial charge in [-0.05, 0) is 37.3 Å². The fourth-order valence-corrected chi connectivity index (χ4v) is 3.19. The number of carbonyl (C=O) groups excluding carboxylic acids is 1. The van der Waals surface area contributed by atoms with Gasteiger partial charge in [-0.1, -0.05) is 12.1 Å². The molecule has 0 aliphatic heterocycles. The van der Waals surface area contributed by atoms with Gasteiger partial charge in [-0.2, -0.15) is 0 Å². The predicted octanol–water partition coefficient (Wildman–Crippen LogP) is 2.62. The zero-order chi connectivity index (χ0) is 19.3. The van der Waals surface area contributed by atoms with Gasteiger partial charge in [-0.3, -0.25) is 14.9 Å².